The number of aromatic amines is 1. The van der Waals surface area contributed by atoms with E-state index < -0.39 is 29.5 Å². The van der Waals surface area contributed by atoms with Crippen molar-refractivity contribution in [3.63, 3.8) is 0 Å². The smallest absolute Gasteiger partial charge is 0.421 e. The SMILES string of the molecule is COC(=O)N(C(=O)[C@@H](N)C(c1ccccc1)c1ccccc1)c1c(CC[C@@H]2CNC[C@@H](CSc3ccc(Cl)cc3)O2)cc[nH]c1=O. The molecule has 0 bridgehead atoms. The van der Waals surface area contributed by atoms with Crippen LogP contribution < -0.4 is 21.5 Å². The van der Waals surface area contributed by atoms with Crippen LogP contribution in [0.25, 0.3) is 0 Å². The molecule has 0 saturated carbocycles. The van der Waals surface area contributed by atoms with Gasteiger partial charge in [0.15, 0.2) is 0 Å². The molecule has 0 spiro atoms. The number of carbonyl (C=O) groups is 2. The number of nitrogens with two attached hydrogens (primary N) is 1. The fourth-order valence-electron chi connectivity index (χ4n) is 5.64. The van der Waals surface area contributed by atoms with Crippen LogP contribution in [0, 0.1) is 0 Å². The summed E-state index contributed by atoms with van der Waals surface area (Å²) < 4.78 is 11.4. The number of pyridine rings is 1. The Kier molecular flexibility index (Phi) is 11.7. The van der Waals surface area contributed by atoms with Crippen LogP contribution in [0.2, 0.25) is 5.02 Å². The largest absolute Gasteiger partial charge is 0.452 e. The number of methoxy groups -OCH3 is 1. The van der Waals surface area contributed by atoms with Crippen molar-refractivity contribution in [1.82, 2.24) is 10.3 Å². The number of ether oxygens (including phenoxy) is 2. The first-order chi connectivity index (χ1) is 22.4. The first-order valence-corrected chi connectivity index (χ1v) is 16.4. The molecular formula is C35H37ClN4O5S. The van der Waals surface area contributed by atoms with Gasteiger partial charge in [0, 0.05) is 40.9 Å². The summed E-state index contributed by atoms with van der Waals surface area (Å²) in [5.74, 6) is -0.580. The number of nitrogens with zero attached hydrogens (tertiary/aromatic N) is 1. The molecule has 2 amide bonds. The summed E-state index contributed by atoms with van der Waals surface area (Å²) in [6, 6.07) is 26.9. The predicted octanol–water partition coefficient (Wildman–Crippen LogP) is 5.37. The summed E-state index contributed by atoms with van der Waals surface area (Å²) >= 11 is 7.70. The highest BCUT2D eigenvalue weighted by atomic mass is 35.5. The minimum absolute atomic E-state index is 0.0166. The van der Waals surface area contributed by atoms with Gasteiger partial charge in [-0.05, 0) is 59.9 Å². The van der Waals surface area contributed by atoms with E-state index in [1.54, 1.807) is 17.8 Å². The zero-order valence-electron chi connectivity index (χ0n) is 25.4. The Labute approximate surface area is 277 Å². The molecule has 1 fully saturated rings. The number of rotatable bonds is 11. The Bertz CT molecular complexity index is 1620. The van der Waals surface area contributed by atoms with Crippen molar-refractivity contribution in [2.45, 2.75) is 41.9 Å². The molecule has 0 aliphatic carbocycles. The van der Waals surface area contributed by atoms with Crippen LogP contribution in [-0.4, -0.2) is 61.2 Å². The first-order valence-electron chi connectivity index (χ1n) is 15.1. The van der Waals surface area contributed by atoms with Crippen LogP contribution in [0.15, 0.2) is 107 Å². The summed E-state index contributed by atoms with van der Waals surface area (Å²) in [6.07, 6.45) is 1.28. The summed E-state index contributed by atoms with van der Waals surface area (Å²) in [7, 11) is 1.17. The van der Waals surface area contributed by atoms with Crippen LogP contribution in [0.5, 0.6) is 0 Å². The van der Waals surface area contributed by atoms with E-state index in [0.29, 0.717) is 30.0 Å². The molecule has 240 valence electrons. The van der Waals surface area contributed by atoms with Crippen LogP contribution >= 0.6 is 23.4 Å². The average molecular weight is 661 g/mol. The lowest BCUT2D eigenvalue weighted by atomic mass is 9.84. The van der Waals surface area contributed by atoms with Gasteiger partial charge in [0.25, 0.3) is 11.5 Å². The van der Waals surface area contributed by atoms with Gasteiger partial charge in [0.2, 0.25) is 0 Å². The highest BCUT2D eigenvalue weighted by molar-refractivity contribution is 7.99. The third kappa shape index (κ3) is 8.26. The van der Waals surface area contributed by atoms with Crippen molar-refractivity contribution in [1.29, 1.82) is 0 Å². The highest BCUT2D eigenvalue weighted by Crippen LogP contribution is 2.30. The molecule has 1 aliphatic rings. The van der Waals surface area contributed by atoms with Gasteiger partial charge in [-0.25, -0.2) is 9.69 Å². The number of aryl methyl sites for hydroxylation is 1. The Balaban J connectivity index is 1.35. The van der Waals surface area contributed by atoms with Gasteiger partial charge in [-0.3, -0.25) is 9.59 Å². The second kappa shape index (κ2) is 16.1. The monoisotopic (exact) mass is 660 g/mol. The number of thioether (sulfide) groups is 1. The summed E-state index contributed by atoms with van der Waals surface area (Å²) in [5, 5.41) is 4.13. The van der Waals surface area contributed by atoms with Crippen molar-refractivity contribution in [3.8, 4) is 0 Å². The zero-order chi connectivity index (χ0) is 32.5. The lowest BCUT2D eigenvalue weighted by Gasteiger charge is -2.31. The van der Waals surface area contributed by atoms with Gasteiger partial charge in [0.05, 0.1) is 25.4 Å². The van der Waals surface area contributed by atoms with Crippen LogP contribution in [0.4, 0.5) is 10.5 Å². The highest BCUT2D eigenvalue weighted by Gasteiger charge is 2.37. The summed E-state index contributed by atoms with van der Waals surface area (Å²) in [4.78, 5) is 45.3. The number of anilines is 1. The molecule has 0 radical (unpaired) electrons. The van der Waals surface area contributed by atoms with Crippen LogP contribution in [0.3, 0.4) is 0 Å². The molecule has 3 atom stereocenters. The number of aromatic nitrogens is 1. The lowest BCUT2D eigenvalue weighted by Crippen LogP contribution is -2.51. The van der Waals surface area contributed by atoms with E-state index in [0.717, 1.165) is 33.2 Å². The Morgan fingerprint density at radius 3 is 2.24 bits per heavy atom. The number of amides is 2. The maximum atomic E-state index is 14.2. The standard InChI is InChI=1S/C35H37ClN4O5S/c1-44-35(43)40(34(42)31(37)30(23-8-4-2-5-9-23)24-10-6-3-7-11-24)32-25(18-19-39-33(32)41)12-15-27-20-38-21-28(45-27)22-46-29-16-13-26(36)14-17-29/h2-11,13-14,16-19,27-28,30-31,38H,12,15,20-22,37H2,1H3,(H,39,41)/t27-,28+,31+/m1/s1. The third-order valence-electron chi connectivity index (χ3n) is 7.90. The van der Waals surface area contributed by atoms with Crippen molar-refractivity contribution in [2.24, 2.45) is 5.73 Å². The van der Waals surface area contributed by atoms with Gasteiger partial charge >= 0.3 is 6.09 Å². The first kappa shape index (κ1) is 33.4. The van der Waals surface area contributed by atoms with Gasteiger partial charge in [-0.15, -0.1) is 11.8 Å². The molecule has 3 aromatic carbocycles. The number of benzene rings is 3. The molecule has 2 heterocycles. The number of hydrogen-bond donors (Lipinski definition) is 3. The maximum Gasteiger partial charge on any atom is 0.421 e. The normalized spacial score (nSPS) is 17.0. The van der Waals surface area contributed by atoms with Gasteiger partial charge in [0.1, 0.15) is 5.69 Å². The number of morpholine rings is 1. The van der Waals surface area contributed by atoms with E-state index in [4.69, 9.17) is 26.8 Å². The fraction of sp³-hybridized carbons (Fsp3) is 0.286. The molecule has 46 heavy (non-hydrogen) atoms. The number of carbonyl (C=O) groups excluding carboxylic acids is 2. The average Bonchev–Trinajstić information content (AvgIpc) is 3.09. The number of imide groups is 1. The van der Waals surface area contributed by atoms with Crippen molar-refractivity contribution in [3.05, 3.63) is 129 Å². The molecule has 1 aromatic heterocycles. The number of halogens is 1. The molecule has 4 aromatic rings. The Morgan fingerprint density at radius 1 is 0.978 bits per heavy atom. The van der Waals surface area contributed by atoms with Gasteiger partial charge in [-0.2, -0.15) is 0 Å². The lowest BCUT2D eigenvalue weighted by molar-refractivity contribution is -0.119. The van der Waals surface area contributed by atoms with E-state index in [9.17, 15) is 14.4 Å². The van der Waals surface area contributed by atoms with Crippen molar-refractivity contribution >= 4 is 41.1 Å². The van der Waals surface area contributed by atoms with E-state index in [1.807, 2.05) is 84.9 Å². The molecule has 1 saturated heterocycles. The molecule has 11 heteroatoms. The second-order valence-corrected chi connectivity index (χ2v) is 12.5. The summed E-state index contributed by atoms with van der Waals surface area (Å²) in [6.45, 7) is 1.36. The topological polar surface area (TPSA) is 127 Å². The fourth-order valence-corrected chi connectivity index (χ4v) is 6.67. The maximum absolute atomic E-state index is 14.2. The predicted molar refractivity (Wildman–Crippen MR) is 182 cm³/mol. The zero-order valence-corrected chi connectivity index (χ0v) is 27.0. The molecule has 0 unspecified atom stereocenters. The van der Waals surface area contributed by atoms with E-state index >= 15 is 0 Å². The number of nitrogens with one attached hydrogen (secondary N) is 2. The van der Waals surface area contributed by atoms with Crippen LogP contribution in [0.1, 0.15) is 29.0 Å². The molecule has 1 aliphatic heterocycles. The molecular weight excluding hydrogens is 624 g/mol. The molecule has 5 rings (SSSR count). The second-order valence-electron chi connectivity index (χ2n) is 11.0. The molecule has 4 N–H and O–H groups in total. The van der Waals surface area contributed by atoms with Crippen molar-refractivity contribution in [2.75, 3.05) is 30.9 Å². The number of H-pyrrole nitrogens is 1. The van der Waals surface area contributed by atoms with Crippen LogP contribution in [-0.2, 0) is 20.7 Å². The van der Waals surface area contributed by atoms with E-state index in [1.165, 1.54) is 13.3 Å². The van der Waals surface area contributed by atoms with Gasteiger partial charge < -0.3 is 25.5 Å². The minimum atomic E-state index is -1.21. The quantitative estimate of drug-likeness (QED) is 0.183. The van der Waals surface area contributed by atoms with Gasteiger partial charge in [-0.1, -0.05) is 72.3 Å². The Morgan fingerprint density at radius 2 is 1.61 bits per heavy atom. The number of hydrogen-bond acceptors (Lipinski definition) is 8. The summed E-state index contributed by atoms with van der Waals surface area (Å²) in [5.41, 5.74) is 8.09. The minimum Gasteiger partial charge on any atom is -0.452 e. The molecule has 9 nitrogen and oxygen atoms in total. The third-order valence-corrected chi connectivity index (χ3v) is 9.29. The Hall–Kier alpha value is -3.93. The van der Waals surface area contributed by atoms with E-state index in [2.05, 4.69) is 10.3 Å². The van der Waals surface area contributed by atoms with E-state index in [-0.39, 0.29) is 17.9 Å². The van der Waals surface area contributed by atoms with Crippen molar-refractivity contribution < 1.29 is 19.1 Å².